The number of aromatic nitrogens is 1. The first-order valence-corrected chi connectivity index (χ1v) is 10.5. The summed E-state index contributed by atoms with van der Waals surface area (Å²) in [6, 6.07) is 7.35. The molecule has 162 valence electrons. The standard InChI is InChI=1S/C22H30N4O4/c1-4-25(5-2)12-8-9-16(3)23-22(28)17-14-30-20(24-17)13-26-18-10-6-7-11-19(18)29-15-21(26)27/h6-7,10-11,14,16H,4-5,8-9,12-13,15H2,1-3H3,(H,23,28)/t16-/m0/s1. The zero-order valence-electron chi connectivity index (χ0n) is 17.9. The summed E-state index contributed by atoms with van der Waals surface area (Å²) in [5, 5.41) is 2.97. The van der Waals surface area contributed by atoms with Gasteiger partial charge in [-0.2, -0.15) is 0 Å². The molecule has 0 saturated heterocycles. The number of para-hydroxylation sites is 2. The summed E-state index contributed by atoms with van der Waals surface area (Å²) in [5.74, 6) is 0.494. The minimum Gasteiger partial charge on any atom is -0.482 e. The van der Waals surface area contributed by atoms with E-state index in [1.54, 1.807) is 4.90 Å². The molecule has 0 unspecified atom stereocenters. The Kier molecular flexibility index (Phi) is 7.46. The number of hydrogen-bond acceptors (Lipinski definition) is 6. The fourth-order valence-corrected chi connectivity index (χ4v) is 3.48. The van der Waals surface area contributed by atoms with E-state index >= 15 is 0 Å². The van der Waals surface area contributed by atoms with E-state index in [0.29, 0.717) is 17.3 Å². The second-order valence-corrected chi connectivity index (χ2v) is 7.41. The molecule has 1 aliphatic rings. The number of nitrogens with one attached hydrogen (secondary N) is 1. The van der Waals surface area contributed by atoms with Crippen molar-refractivity contribution in [1.82, 2.24) is 15.2 Å². The summed E-state index contributed by atoms with van der Waals surface area (Å²) in [5.41, 5.74) is 0.884. The third-order valence-corrected chi connectivity index (χ3v) is 5.27. The molecule has 2 amide bonds. The third kappa shape index (κ3) is 5.38. The first-order chi connectivity index (χ1) is 14.5. The first kappa shape index (κ1) is 21.8. The Morgan fingerprint density at radius 2 is 2.07 bits per heavy atom. The van der Waals surface area contributed by atoms with Gasteiger partial charge in [0.15, 0.2) is 12.3 Å². The maximum absolute atomic E-state index is 12.5. The molecule has 2 aromatic rings. The molecule has 3 rings (SSSR count). The summed E-state index contributed by atoms with van der Waals surface area (Å²) in [7, 11) is 0. The molecule has 0 aliphatic carbocycles. The molecule has 0 saturated carbocycles. The number of rotatable bonds is 10. The van der Waals surface area contributed by atoms with E-state index in [-0.39, 0.29) is 36.7 Å². The molecule has 8 nitrogen and oxygen atoms in total. The number of fused-ring (bicyclic) bond motifs is 1. The number of carbonyl (C=O) groups excluding carboxylic acids is 2. The van der Waals surface area contributed by atoms with E-state index in [2.05, 4.69) is 29.0 Å². The van der Waals surface area contributed by atoms with Gasteiger partial charge in [-0.15, -0.1) is 0 Å². The average Bonchev–Trinajstić information content (AvgIpc) is 3.22. The fourth-order valence-electron chi connectivity index (χ4n) is 3.48. The van der Waals surface area contributed by atoms with Crippen LogP contribution < -0.4 is 15.0 Å². The van der Waals surface area contributed by atoms with Crippen LogP contribution in [-0.4, -0.2) is 54.0 Å². The predicted molar refractivity (Wildman–Crippen MR) is 114 cm³/mol. The molecule has 1 atom stereocenters. The van der Waals surface area contributed by atoms with Crippen molar-refractivity contribution in [2.24, 2.45) is 0 Å². The van der Waals surface area contributed by atoms with Crippen molar-refractivity contribution in [2.45, 2.75) is 46.2 Å². The van der Waals surface area contributed by atoms with E-state index < -0.39 is 0 Å². The van der Waals surface area contributed by atoms with Crippen LogP contribution in [0.5, 0.6) is 5.75 Å². The van der Waals surface area contributed by atoms with Crippen molar-refractivity contribution in [1.29, 1.82) is 0 Å². The Bertz CT molecular complexity index is 862. The summed E-state index contributed by atoms with van der Waals surface area (Å²) in [6.45, 7) is 9.51. The maximum Gasteiger partial charge on any atom is 0.273 e. The molecular weight excluding hydrogens is 384 g/mol. The number of nitrogens with zero attached hydrogens (tertiary/aromatic N) is 3. The highest BCUT2D eigenvalue weighted by atomic mass is 16.5. The molecule has 1 aromatic carbocycles. The fraction of sp³-hybridized carbons (Fsp3) is 0.500. The normalized spacial score (nSPS) is 14.4. The third-order valence-electron chi connectivity index (χ3n) is 5.27. The van der Waals surface area contributed by atoms with Crippen LogP contribution in [0.4, 0.5) is 5.69 Å². The molecule has 30 heavy (non-hydrogen) atoms. The zero-order valence-corrected chi connectivity index (χ0v) is 17.9. The van der Waals surface area contributed by atoms with Crippen LogP contribution in [0.1, 0.15) is 50.0 Å². The molecule has 0 bridgehead atoms. The average molecular weight is 415 g/mol. The van der Waals surface area contributed by atoms with Crippen molar-refractivity contribution in [3.8, 4) is 5.75 Å². The number of oxazole rings is 1. The zero-order chi connectivity index (χ0) is 21.5. The predicted octanol–water partition coefficient (Wildman–Crippen LogP) is 2.84. The quantitative estimate of drug-likeness (QED) is 0.643. The van der Waals surface area contributed by atoms with E-state index in [9.17, 15) is 9.59 Å². The van der Waals surface area contributed by atoms with Crippen LogP contribution in [0.25, 0.3) is 0 Å². The Balaban J connectivity index is 1.55. The number of anilines is 1. The van der Waals surface area contributed by atoms with Crippen molar-refractivity contribution < 1.29 is 18.7 Å². The number of hydrogen-bond donors (Lipinski definition) is 1. The van der Waals surface area contributed by atoms with Gasteiger partial charge in [-0.25, -0.2) is 4.98 Å². The smallest absolute Gasteiger partial charge is 0.273 e. The molecule has 0 fully saturated rings. The van der Waals surface area contributed by atoms with Crippen LogP contribution >= 0.6 is 0 Å². The highest BCUT2D eigenvalue weighted by Crippen LogP contribution is 2.32. The minimum absolute atomic E-state index is 0.0317. The minimum atomic E-state index is -0.269. The van der Waals surface area contributed by atoms with Gasteiger partial charge in [-0.05, 0) is 51.5 Å². The van der Waals surface area contributed by atoms with E-state index in [1.165, 1.54) is 6.26 Å². The molecule has 2 heterocycles. The number of carbonyl (C=O) groups is 2. The van der Waals surface area contributed by atoms with Crippen LogP contribution in [0.3, 0.4) is 0 Å². The first-order valence-electron chi connectivity index (χ1n) is 10.5. The van der Waals surface area contributed by atoms with Crippen LogP contribution in [-0.2, 0) is 11.3 Å². The van der Waals surface area contributed by atoms with Gasteiger partial charge in [0.2, 0.25) is 5.89 Å². The van der Waals surface area contributed by atoms with E-state index in [4.69, 9.17) is 9.15 Å². The van der Waals surface area contributed by atoms with Crippen LogP contribution in [0.15, 0.2) is 34.9 Å². The number of amides is 2. The lowest BCUT2D eigenvalue weighted by Crippen LogP contribution is -2.38. The van der Waals surface area contributed by atoms with Crippen molar-refractivity contribution >= 4 is 17.5 Å². The van der Waals surface area contributed by atoms with Gasteiger partial charge in [0.25, 0.3) is 11.8 Å². The van der Waals surface area contributed by atoms with E-state index in [0.717, 1.165) is 32.5 Å². The van der Waals surface area contributed by atoms with Gasteiger partial charge in [0.1, 0.15) is 18.6 Å². The molecular formula is C22H30N4O4. The number of ether oxygens (including phenoxy) is 1. The van der Waals surface area contributed by atoms with Crippen LogP contribution in [0, 0.1) is 0 Å². The van der Waals surface area contributed by atoms with Gasteiger partial charge in [0, 0.05) is 6.04 Å². The van der Waals surface area contributed by atoms with Crippen molar-refractivity contribution in [3.05, 3.63) is 42.1 Å². The second kappa shape index (κ2) is 10.2. The Morgan fingerprint density at radius 3 is 2.83 bits per heavy atom. The van der Waals surface area contributed by atoms with Gasteiger partial charge in [0.05, 0.1) is 5.69 Å². The van der Waals surface area contributed by atoms with Gasteiger partial charge in [-0.3, -0.25) is 14.5 Å². The van der Waals surface area contributed by atoms with Gasteiger partial charge >= 0.3 is 0 Å². The molecule has 1 aliphatic heterocycles. The summed E-state index contributed by atoms with van der Waals surface area (Å²) in [4.78, 5) is 33.0. The molecule has 8 heteroatoms. The highest BCUT2D eigenvalue weighted by molar-refractivity contribution is 5.97. The Labute approximate surface area is 177 Å². The topological polar surface area (TPSA) is 87.9 Å². The second-order valence-electron chi connectivity index (χ2n) is 7.41. The molecule has 0 radical (unpaired) electrons. The molecule has 1 aromatic heterocycles. The summed E-state index contributed by atoms with van der Waals surface area (Å²) in [6.07, 6.45) is 3.25. The summed E-state index contributed by atoms with van der Waals surface area (Å²) >= 11 is 0. The number of benzene rings is 1. The molecule has 0 spiro atoms. The van der Waals surface area contributed by atoms with Crippen molar-refractivity contribution in [3.63, 3.8) is 0 Å². The van der Waals surface area contributed by atoms with E-state index in [1.807, 2.05) is 31.2 Å². The lowest BCUT2D eigenvalue weighted by molar-refractivity contribution is -0.121. The summed E-state index contributed by atoms with van der Waals surface area (Å²) < 4.78 is 10.9. The largest absolute Gasteiger partial charge is 0.482 e. The Morgan fingerprint density at radius 1 is 1.30 bits per heavy atom. The van der Waals surface area contributed by atoms with Gasteiger partial charge in [-0.1, -0.05) is 26.0 Å². The maximum atomic E-state index is 12.5. The highest BCUT2D eigenvalue weighted by Gasteiger charge is 2.27. The molecule has 1 N–H and O–H groups in total. The SMILES string of the molecule is CCN(CC)CCC[C@H](C)NC(=O)c1coc(CN2C(=O)COc3ccccc32)n1. The monoisotopic (exact) mass is 414 g/mol. The van der Waals surface area contributed by atoms with Crippen LogP contribution in [0.2, 0.25) is 0 Å². The van der Waals surface area contributed by atoms with Crippen molar-refractivity contribution in [2.75, 3.05) is 31.1 Å². The lowest BCUT2D eigenvalue weighted by Gasteiger charge is -2.28. The lowest BCUT2D eigenvalue weighted by atomic mass is 10.1. The Hall–Kier alpha value is -2.87. The van der Waals surface area contributed by atoms with Gasteiger partial charge < -0.3 is 19.4 Å².